The van der Waals surface area contributed by atoms with Crippen molar-refractivity contribution in [2.24, 2.45) is 0 Å². The number of ether oxygens (including phenoxy) is 1. The first-order valence-electron chi connectivity index (χ1n) is 9.63. The fourth-order valence-corrected chi connectivity index (χ4v) is 6.28. The van der Waals surface area contributed by atoms with Crippen LogP contribution in [0.5, 0.6) is 5.75 Å². The van der Waals surface area contributed by atoms with Crippen LogP contribution in [-0.2, 0) is 9.84 Å². The number of rotatable bonds is 5. The van der Waals surface area contributed by atoms with Gasteiger partial charge in [0.1, 0.15) is 5.75 Å². The first-order valence-corrected chi connectivity index (χ1v) is 12.1. The van der Waals surface area contributed by atoms with Crippen molar-refractivity contribution < 1.29 is 13.2 Å². The van der Waals surface area contributed by atoms with Crippen molar-refractivity contribution in [1.82, 2.24) is 4.98 Å². The Morgan fingerprint density at radius 1 is 1.07 bits per heavy atom. The minimum absolute atomic E-state index is 0.338. The van der Waals surface area contributed by atoms with Gasteiger partial charge in [0.2, 0.25) is 0 Å². The molecule has 0 spiro atoms. The molecule has 0 atom stereocenters. The molecule has 1 fully saturated rings. The number of para-hydroxylation sites is 1. The van der Waals surface area contributed by atoms with E-state index in [9.17, 15) is 8.42 Å². The normalized spacial score (nSPS) is 15.4. The summed E-state index contributed by atoms with van der Waals surface area (Å²) in [5, 5.41) is 2.62. The Labute approximate surface area is 175 Å². The zero-order valence-corrected chi connectivity index (χ0v) is 18.2. The maximum atomic E-state index is 13.0. The average molecular weight is 429 g/mol. The summed E-state index contributed by atoms with van der Waals surface area (Å²) in [4.78, 5) is 7.39. The van der Waals surface area contributed by atoms with E-state index in [2.05, 4.69) is 4.90 Å². The minimum atomic E-state index is -3.29. The predicted octanol–water partition coefficient (Wildman–Crippen LogP) is 4.57. The summed E-state index contributed by atoms with van der Waals surface area (Å²) in [7, 11) is -1.63. The molecule has 0 unspecified atom stereocenters. The lowest BCUT2D eigenvalue weighted by atomic mass is 10.1. The van der Waals surface area contributed by atoms with E-state index in [1.807, 2.05) is 48.7 Å². The van der Waals surface area contributed by atoms with Gasteiger partial charge in [-0.2, -0.15) is 0 Å². The van der Waals surface area contributed by atoms with Crippen molar-refractivity contribution >= 4 is 26.3 Å². The van der Waals surface area contributed by atoms with Crippen LogP contribution in [0.4, 0.5) is 5.13 Å². The molecule has 1 saturated heterocycles. The third-order valence-corrected chi connectivity index (χ3v) is 8.56. The van der Waals surface area contributed by atoms with Gasteiger partial charge in [-0.05, 0) is 44.0 Å². The molecular weight excluding hydrogens is 404 g/mol. The molecular formula is C22H24N2O3S2. The molecule has 0 N–H and O–H groups in total. The molecule has 0 bridgehead atoms. The van der Waals surface area contributed by atoms with Gasteiger partial charge in [0.15, 0.2) is 15.0 Å². The predicted molar refractivity (Wildman–Crippen MR) is 118 cm³/mol. The number of methoxy groups -OCH3 is 1. The van der Waals surface area contributed by atoms with E-state index in [0.29, 0.717) is 30.8 Å². The molecule has 1 aliphatic rings. The highest BCUT2D eigenvalue weighted by molar-refractivity contribution is 7.92. The second-order valence-corrected chi connectivity index (χ2v) is 10.3. The van der Waals surface area contributed by atoms with Crippen molar-refractivity contribution in [1.29, 1.82) is 0 Å². The van der Waals surface area contributed by atoms with Gasteiger partial charge in [0.25, 0.3) is 0 Å². The number of benzene rings is 2. The number of hydrogen-bond acceptors (Lipinski definition) is 6. The van der Waals surface area contributed by atoms with Gasteiger partial charge in [-0.1, -0.05) is 29.8 Å². The number of aromatic nitrogens is 1. The van der Waals surface area contributed by atoms with Gasteiger partial charge in [-0.15, -0.1) is 11.3 Å². The third kappa shape index (κ3) is 4.02. The molecule has 1 aliphatic heterocycles. The van der Waals surface area contributed by atoms with E-state index in [1.54, 1.807) is 30.6 Å². The Balaban J connectivity index is 1.46. The van der Waals surface area contributed by atoms with Crippen LogP contribution < -0.4 is 9.64 Å². The minimum Gasteiger partial charge on any atom is -0.496 e. The SMILES string of the molecule is COc1ccccc1-c1csc(N2CCC(S(=O)(=O)c3ccc(C)cc3)CC2)n1. The monoisotopic (exact) mass is 428 g/mol. The Morgan fingerprint density at radius 2 is 1.76 bits per heavy atom. The quantitative estimate of drug-likeness (QED) is 0.596. The van der Waals surface area contributed by atoms with E-state index in [4.69, 9.17) is 9.72 Å². The first kappa shape index (κ1) is 19.9. The summed E-state index contributed by atoms with van der Waals surface area (Å²) in [6.45, 7) is 3.34. The van der Waals surface area contributed by atoms with Crippen LogP contribution >= 0.6 is 11.3 Å². The number of piperidine rings is 1. The van der Waals surface area contributed by atoms with E-state index >= 15 is 0 Å². The van der Waals surface area contributed by atoms with Crippen molar-refractivity contribution in [2.45, 2.75) is 29.9 Å². The fourth-order valence-electron chi connectivity index (χ4n) is 3.67. The molecule has 5 nitrogen and oxygen atoms in total. The molecule has 29 heavy (non-hydrogen) atoms. The van der Waals surface area contributed by atoms with Crippen LogP contribution in [0.1, 0.15) is 18.4 Å². The van der Waals surface area contributed by atoms with Gasteiger partial charge < -0.3 is 9.64 Å². The van der Waals surface area contributed by atoms with Crippen molar-refractivity contribution in [3.8, 4) is 17.0 Å². The van der Waals surface area contributed by atoms with Crippen LogP contribution in [0.2, 0.25) is 0 Å². The topological polar surface area (TPSA) is 59.5 Å². The van der Waals surface area contributed by atoms with Crippen LogP contribution in [0.25, 0.3) is 11.3 Å². The summed E-state index contributed by atoms with van der Waals surface area (Å²) in [5.41, 5.74) is 2.92. The summed E-state index contributed by atoms with van der Waals surface area (Å²) >= 11 is 1.59. The molecule has 3 aromatic rings. The van der Waals surface area contributed by atoms with E-state index < -0.39 is 9.84 Å². The van der Waals surface area contributed by atoms with E-state index in [1.165, 1.54) is 0 Å². The lowest BCUT2D eigenvalue weighted by Crippen LogP contribution is -2.39. The molecule has 2 heterocycles. The van der Waals surface area contributed by atoms with Crippen molar-refractivity contribution in [2.75, 3.05) is 25.1 Å². The second-order valence-electron chi connectivity index (χ2n) is 7.26. The lowest BCUT2D eigenvalue weighted by Gasteiger charge is -2.31. The number of anilines is 1. The molecule has 7 heteroatoms. The molecule has 152 valence electrons. The Morgan fingerprint density at radius 3 is 2.45 bits per heavy atom. The second kappa shape index (κ2) is 8.16. The lowest BCUT2D eigenvalue weighted by molar-refractivity contribution is 0.416. The first-order chi connectivity index (χ1) is 14.0. The Hall–Kier alpha value is -2.38. The molecule has 0 amide bonds. The number of aryl methyl sites for hydroxylation is 1. The molecule has 4 rings (SSSR count). The van der Waals surface area contributed by atoms with Gasteiger partial charge in [0, 0.05) is 24.0 Å². The third-order valence-electron chi connectivity index (χ3n) is 5.38. The summed E-state index contributed by atoms with van der Waals surface area (Å²) < 4.78 is 31.4. The zero-order chi connectivity index (χ0) is 20.4. The van der Waals surface area contributed by atoms with Gasteiger partial charge in [-0.25, -0.2) is 13.4 Å². The zero-order valence-electron chi connectivity index (χ0n) is 16.5. The fraction of sp³-hybridized carbons (Fsp3) is 0.318. The van der Waals surface area contributed by atoms with Crippen LogP contribution in [-0.4, -0.2) is 38.9 Å². The van der Waals surface area contributed by atoms with Crippen molar-refractivity contribution in [3.05, 3.63) is 59.5 Å². The summed E-state index contributed by atoms with van der Waals surface area (Å²) in [5.74, 6) is 0.798. The Kier molecular flexibility index (Phi) is 5.61. The molecule has 2 aromatic carbocycles. The highest BCUT2D eigenvalue weighted by atomic mass is 32.2. The number of hydrogen-bond donors (Lipinski definition) is 0. The van der Waals surface area contributed by atoms with Crippen LogP contribution in [0.15, 0.2) is 58.8 Å². The number of sulfone groups is 1. The standard InChI is InChI=1S/C22H24N2O3S2/c1-16-7-9-17(10-8-16)29(25,26)18-11-13-24(14-12-18)22-23-20(15-28-22)19-5-3-4-6-21(19)27-2/h3-10,15,18H,11-14H2,1-2H3. The summed E-state index contributed by atoms with van der Waals surface area (Å²) in [6, 6.07) is 15.0. The van der Waals surface area contributed by atoms with Gasteiger partial charge >= 0.3 is 0 Å². The number of nitrogens with zero attached hydrogens (tertiary/aromatic N) is 2. The molecule has 0 saturated carbocycles. The van der Waals surface area contributed by atoms with E-state index in [0.717, 1.165) is 27.7 Å². The van der Waals surface area contributed by atoms with Crippen molar-refractivity contribution in [3.63, 3.8) is 0 Å². The maximum absolute atomic E-state index is 13.0. The average Bonchev–Trinajstić information content (AvgIpc) is 3.24. The Bertz CT molecular complexity index is 1080. The highest BCUT2D eigenvalue weighted by Crippen LogP contribution is 2.35. The van der Waals surface area contributed by atoms with E-state index in [-0.39, 0.29) is 5.25 Å². The van der Waals surface area contributed by atoms with Gasteiger partial charge in [-0.3, -0.25) is 0 Å². The number of thiazole rings is 1. The molecule has 1 aromatic heterocycles. The van der Waals surface area contributed by atoms with Crippen LogP contribution in [0, 0.1) is 6.92 Å². The molecule has 0 radical (unpaired) electrons. The largest absolute Gasteiger partial charge is 0.496 e. The van der Waals surface area contributed by atoms with Crippen LogP contribution in [0.3, 0.4) is 0 Å². The highest BCUT2D eigenvalue weighted by Gasteiger charge is 2.32. The van der Waals surface area contributed by atoms with Gasteiger partial charge in [0.05, 0.1) is 22.9 Å². The summed E-state index contributed by atoms with van der Waals surface area (Å²) in [6.07, 6.45) is 1.22. The molecule has 0 aliphatic carbocycles. The maximum Gasteiger partial charge on any atom is 0.185 e. The smallest absolute Gasteiger partial charge is 0.185 e.